The van der Waals surface area contributed by atoms with Crippen molar-refractivity contribution in [3.8, 4) is 5.75 Å². The summed E-state index contributed by atoms with van der Waals surface area (Å²) in [5.74, 6) is 0.690. The Hall–Kier alpha value is -1.56. The van der Waals surface area contributed by atoms with Crippen molar-refractivity contribution in [1.82, 2.24) is 10.2 Å². The summed E-state index contributed by atoms with van der Waals surface area (Å²) in [7, 11) is 3.22. The summed E-state index contributed by atoms with van der Waals surface area (Å²) in [5.41, 5.74) is 0.591. The van der Waals surface area contributed by atoms with Crippen LogP contribution in [0.4, 0.5) is 0 Å². The molecule has 6 heteroatoms. The van der Waals surface area contributed by atoms with Crippen LogP contribution >= 0.6 is 15.9 Å². The van der Waals surface area contributed by atoms with Gasteiger partial charge in [-0.1, -0.05) is 0 Å². The number of nitrogens with one attached hydrogen (secondary N) is 1. The molecular formula is C15H19BrN2O3. The van der Waals surface area contributed by atoms with Crippen molar-refractivity contribution in [1.29, 1.82) is 0 Å². The van der Waals surface area contributed by atoms with Gasteiger partial charge in [0.1, 0.15) is 5.75 Å². The van der Waals surface area contributed by atoms with Crippen LogP contribution in [0, 0.1) is 5.92 Å². The van der Waals surface area contributed by atoms with Crippen molar-refractivity contribution >= 4 is 27.7 Å². The first-order valence-electron chi connectivity index (χ1n) is 6.91. The van der Waals surface area contributed by atoms with E-state index in [0.717, 1.165) is 4.47 Å². The number of amides is 2. The van der Waals surface area contributed by atoms with Crippen molar-refractivity contribution in [3.63, 3.8) is 0 Å². The second kappa shape index (κ2) is 6.93. The Morgan fingerprint density at radius 2 is 2.00 bits per heavy atom. The number of piperidine rings is 1. The van der Waals surface area contributed by atoms with Crippen molar-refractivity contribution in [2.45, 2.75) is 12.8 Å². The summed E-state index contributed by atoms with van der Waals surface area (Å²) >= 11 is 3.41. The van der Waals surface area contributed by atoms with Crippen LogP contribution < -0.4 is 10.1 Å². The van der Waals surface area contributed by atoms with Gasteiger partial charge in [0.25, 0.3) is 5.91 Å². The maximum atomic E-state index is 12.6. The van der Waals surface area contributed by atoms with E-state index in [-0.39, 0.29) is 17.7 Å². The van der Waals surface area contributed by atoms with Crippen LogP contribution in [0.1, 0.15) is 23.2 Å². The molecule has 0 bridgehead atoms. The molecule has 1 aliphatic heterocycles. The minimum atomic E-state index is -0.0314. The molecule has 0 aromatic heterocycles. The zero-order chi connectivity index (χ0) is 15.4. The number of carbonyl (C=O) groups excluding carboxylic acids is 2. The highest BCUT2D eigenvalue weighted by atomic mass is 79.9. The summed E-state index contributed by atoms with van der Waals surface area (Å²) in [4.78, 5) is 26.0. The highest BCUT2D eigenvalue weighted by Gasteiger charge is 2.28. The molecule has 114 valence electrons. The number of methoxy groups -OCH3 is 1. The lowest BCUT2D eigenvalue weighted by atomic mass is 9.95. The van der Waals surface area contributed by atoms with Crippen LogP contribution in [-0.2, 0) is 4.79 Å². The molecule has 0 radical (unpaired) electrons. The van der Waals surface area contributed by atoms with Gasteiger partial charge < -0.3 is 15.0 Å². The zero-order valence-electron chi connectivity index (χ0n) is 12.2. The van der Waals surface area contributed by atoms with Crippen molar-refractivity contribution in [3.05, 3.63) is 28.2 Å². The van der Waals surface area contributed by atoms with Gasteiger partial charge in [0.15, 0.2) is 0 Å². The molecule has 0 atom stereocenters. The molecule has 1 aliphatic rings. The lowest BCUT2D eigenvalue weighted by Crippen LogP contribution is -2.42. The van der Waals surface area contributed by atoms with E-state index < -0.39 is 0 Å². The van der Waals surface area contributed by atoms with Gasteiger partial charge in [0.05, 0.1) is 12.7 Å². The summed E-state index contributed by atoms with van der Waals surface area (Å²) in [6, 6.07) is 5.35. The Morgan fingerprint density at radius 3 is 2.57 bits per heavy atom. The smallest absolute Gasteiger partial charge is 0.255 e. The third kappa shape index (κ3) is 3.56. The summed E-state index contributed by atoms with van der Waals surface area (Å²) in [6.45, 7) is 1.20. The number of halogens is 1. The van der Waals surface area contributed by atoms with Gasteiger partial charge in [-0.05, 0) is 47.0 Å². The van der Waals surface area contributed by atoms with Crippen molar-refractivity contribution < 1.29 is 14.3 Å². The Kier molecular flexibility index (Phi) is 5.22. The molecular weight excluding hydrogens is 336 g/mol. The molecule has 0 unspecified atom stereocenters. The van der Waals surface area contributed by atoms with E-state index in [9.17, 15) is 9.59 Å². The van der Waals surface area contributed by atoms with E-state index >= 15 is 0 Å². The maximum Gasteiger partial charge on any atom is 0.255 e. The standard InChI is InChI=1S/C15H19BrN2O3/c1-17-14(19)10-5-7-18(8-6-10)15(20)12-9-11(21-2)3-4-13(12)16/h3-4,9-10H,5-8H2,1-2H3,(H,17,19). The van der Waals surface area contributed by atoms with Gasteiger partial charge in [0.2, 0.25) is 5.91 Å². The average Bonchev–Trinajstić information content (AvgIpc) is 2.54. The summed E-state index contributed by atoms with van der Waals surface area (Å²) in [5, 5.41) is 2.67. The molecule has 2 rings (SSSR count). The lowest BCUT2D eigenvalue weighted by molar-refractivity contribution is -0.125. The van der Waals surface area contributed by atoms with E-state index in [0.29, 0.717) is 37.2 Å². The molecule has 1 saturated heterocycles. The number of rotatable bonds is 3. The van der Waals surface area contributed by atoms with E-state index in [1.807, 2.05) is 6.07 Å². The number of likely N-dealkylation sites (tertiary alicyclic amines) is 1. The van der Waals surface area contributed by atoms with Crippen molar-refractivity contribution in [2.75, 3.05) is 27.2 Å². The quantitative estimate of drug-likeness (QED) is 0.903. The second-order valence-electron chi connectivity index (χ2n) is 5.03. The van der Waals surface area contributed by atoms with E-state index in [2.05, 4.69) is 21.2 Å². The van der Waals surface area contributed by atoms with Gasteiger partial charge >= 0.3 is 0 Å². The third-order valence-electron chi connectivity index (χ3n) is 3.80. The lowest BCUT2D eigenvalue weighted by Gasteiger charge is -2.31. The molecule has 0 aliphatic carbocycles. The summed E-state index contributed by atoms with van der Waals surface area (Å²) < 4.78 is 5.92. The normalized spacial score (nSPS) is 15.7. The molecule has 5 nitrogen and oxygen atoms in total. The van der Waals surface area contributed by atoms with Crippen LogP contribution in [0.5, 0.6) is 5.75 Å². The minimum absolute atomic E-state index is 0.00722. The molecule has 0 saturated carbocycles. The van der Waals surface area contributed by atoms with Gasteiger partial charge in [0, 0.05) is 30.5 Å². The predicted octanol–water partition coefficient (Wildman–Crippen LogP) is 2.06. The summed E-state index contributed by atoms with van der Waals surface area (Å²) in [6.07, 6.45) is 1.40. The zero-order valence-corrected chi connectivity index (χ0v) is 13.8. The van der Waals surface area contributed by atoms with Crippen LogP contribution in [0.25, 0.3) is 0 Å². The van der Waals surface area contributed by atoms with E-state index in [1.165, 1.54) is 0 Å². The van der Waals surface area contributed by atoms with E-state index in [4.69, 9.17) is 4.74 Å². The molecule has 1 N–H and O–H groups in total. The fraction of sp³-hybridized carbons (Fsp3) is 0.467. The number of carbonyl (C=O) groups is 2. The first-order chi connectivity index (χ1) is 10.1. The fourth-order valence-corrected chi connectivity index (χ4v) is 2.93. The van der Waals surface area contributed by atoms with E-state index in [1.54, 1.807) is 31.2 Å². The van der Waals surface area contributed by atoms with Crippen LogP contribution in [0.2, 0.25) is 0 Å². The topological polar surface area (TPSA) is 58.6 Å². The van der Waals surface area contributed by atoms with Crippen LogP contribution in [0.3, 0.4) is 0 Å². The number of benzene rings is 1. The maximum absolute atomic E-state index is 12.6. The average molecular weight is 355 g/mol. The Balaban J connectivity index is 2.07. The molecule has 1 aromatic carbocycles. The van der Waals surface area contributed by atoms with Crippen molar-refractivity contribution in [2.24, 2.45) is 5.92 Å². The Bertz CT molecular complexity index is 540. The Morgan fingerprint density at radius 1 is 1.33 bits per heavy atom. The Labute approximate surface area is 132 Å². The largest absolute Gasteiger partial charge is 0.497 e. The highest BCUT2D eigenvalue weighted by Crippen LogP contribution is 2.26. The molecule has 0 spiro atoms. The molecule has 21 heavy (non-hydrogen) atoms. The molecule has 1 fully saturated rings. The van der Waals surface area contributed by atoms with Gasteiger partial charge in [-0.25, -0.2) is 0 Å². The monoisotopic (exact) mass is 354 g/mol. The van der Waals surface area contributed by atoms with Gasteiger partial charge in [-0.15, -0.1) is 0 Å². The fourth-order valence-electron chi connectivity index (χ4n) is 2.51. The molecule has 1 heterocycles. The number of hydrogen-bond acceptors (Lipinski definition) is 3. The minimum Gasteiger partial charge on any atom is -0.497 e. The van der Waals surface area contributed by atoms with Gasteiger partial charge in [-0.3, -0.25) is 9.59 Å². The second-order valence-corrected chi connectivity index (χ2v) is 5.88. The number of hydrogen-bond donors (Lipinski definition) is 1. The van der Waals surface area contributed by atoms with Crippen LogP contribution in [0.15, 0.2) is 22.7 Å². The third-order valence-corrected chi connectivity index (χ3v) is 4.49. The number of nitrogens with zero attached hydrogens (tertiary/aromatic N) is 1. The molecule has 2 amide bonds. The SMILES string of the molecule is CNC(=O)C1CCN(C(=O)c2cc(OC)ccc2Br)CC1. The van der Waals surface area contributed by atoms with Gasteiger partial charge in [-0.2, -0.15) is 0 Å². The predicted molar refractivity (Wildman–Crippen MR) is 83.4 cm³/mol. The first-order valence-corrected chi connectivity index (χ1v) is 7.70. The van der Waals surface area contributed by atoms with Crippen LogP contribution in [-0.4, -0.2) is 44.0 Å². The highest BCUT2D eigenvalue weighted by molar-refractivity contribution is 9.10. The first kappa shape index (κ1) is 15.8. The molecule has 1 aromatic rings. The number of ether oxygens (including phenoxy) is 1.